The van der Waals surface area contributed by atoms with Gasteiger partial charge in [0.1, 0.15) is 17.9 Å². The molecule has 1 rings (SSSR count). The monoisotopic (exact) mass is 216 g/mol. The van der Waals surface area contributed by atoms with Gasteiger partial charge in [-0.25, -0.2) is 4.79 Å². The van der Waals surface area contributed by atoms with Crippen molar-refractivity contribution < 1.29 is 19.7 Å². The largest absolute Gasteiger partial charge is 0.490 e. The summed E-state index contributed by atoms with van der Waals surface area (Å²) in [7, 11) is 0. The summed E-state index contributed by atoms with van der Waals surface area (Å²) in [5.74, 6) is -0.984. The summed E-state index contributed by atoms with van der Waals surface area (Å²) in [6.07, 6.45) is 0. The first-order chi connectivity index (χ1) is 6.66. The van der Waals surface area contributed by atoms with Gasteiger partial charge in [-0.15, -0.1) is 0 Å². The van der Waals surface area contributed by atoms with Crippen LogP contribution in [0.5, 0.6) is 5.75 Å². The van der Waals surface area contributed by atoms with Gasteiger partial charge in [-0.3, -0.25) is 0 Å². The van der Waals surface area contributed by atoms with E-state index in [1.807, 2.05) is 0 Å². The molecule has 0 aromatic heterocycles. The number of carboxylic acid groups (broad SMARTS) is 1. The van der Waals surface area contributed by atoms with E-state index in [1.165, 1.54) is 12.1 Å². The fraction of sp³-hybridized carbons (Fsp3) is 0.222. The van der Waals surface area contributed by atoms with Gasteiger partial charge in [0.2, 0.25) is 0 Å². The smallest absolute Gasteiger partial charge is 0.341 e. The molecule has 76 valence electrons. The molecule has 4 nitrogen and oxygen atoms in total. The average molecular weight is 217 g/mol. The molecular formula is C9H9ClO4. The van der Waals surface area contributed by atoms with Crippen molar-refractivity contribution in [3.63, 3.8) is 0 Å². The molecule has 1 aromatic rings. The molecule has 0 radical (unpaired) electrons. The van der Waals surface area contributed by atoms with Crippen LogP contribution in [0.1, 0.15) is 10.4 Å². The number of aliphatic hydroxyl groups excluding tert-OH is 1. The second-order valence-corrected chi connectivity index (χ2v) is 2.90. The minimum Gasteiger partial charge on any atom is -0.490 e. The zero-order valence-corrected chi connectivity index (χ0v) is 7.99. The van der Waals surface area contributed by atoms with Crippen molar-refractivity contribution in [1.82, 2.24) is 0 Å². The van der Waals surface area contributed by atoms with Gasteiger partial charge in [0.05, 0.1) is 11.6 Å². The number of benzene rings is 1. The molecule has 5 heteroatoms. The molecule has 0 aliphatic heterocycles. The number of ether oxygens (including phenoxy) is 1. The Hall–Kier alpha value is -1.26. The molecule has 0 unspecified atom stereocenters. The van der Waals surface area contributed by atoms with E-state index < -0.39 is 5.97 Å². The van der Waals surface area contributed by atoms with Crippen LogP contribution in [0.2, 0.25) is 5.02 Å². The highest BCUT2D eigenvalue weighted by atomic mass is 35.5. The molecule has 0 bridgehead atoms. The molecule has 1 aromatic carbocycles. The molecule has 0 saturated heterocycles. The van der Waals surface area contributed by atoms with Gasteiger partial charge >= 0.3 is 5.97 Å². The van der Waals surface area contributed by atoms with Crippen molar-refractivity contribution in [3.8, 4) is 5.75 Å². The second-order valence-electron chi connectivity index (χ2n) is 2.49. The van der Waals surface area contributed by atoms with E-state index in [0.717, 1.165) is 0 Å². The Morgan fingerprint density at radius 3 is 2.79 bits per heavy atom. The lowest BCUT2D eigenvalue weighted by atomic mass is 10.2. The van der Waals surface area contributed by atoms with E-state index in [-0.39, 0.29) is 29.5 Å². The van der Waals surface area contributed by atoms with E-state index in [0.29, 0.717) is 0 Å². The Bertz CT molecular complexity index is 338. The summed E-state index contributed by atoms with van der Waals surface area (Å²) < 4.78 is 5.01. The lowest BCUT2D eigenvalue weighted by molar-refractivity contribution is 0.0691. The first-order valence-electron chi connectivity index (χ1n) is 3.92. The summed E-state index contributed by atoms with van der Waals surface area (Å²) in [5.41, 5.74) is -0.0809. The van der Waals surface area contributed by atoms with E-state index >= 15 is 0 Å². The third kappa shape index (κ3) is 2.37. The summed E-state index contributed by atoms with van der Waals surface area (Å²) in [6, 6.07) is 4.54. The van der Waals surface area contributed by atoms with Crippen molar-refractivity contribution in [2.75, 3.05) is 13.2 Å². The highest BCUT2D eigenvalue weighted by molar-refractivity contribution is 6.33. The first-order valence-corrected chi connectivity index (χ1v) is 4.30. The fourth-order valence-corrected chi connectivity index (χ4v) is 1.23. The normalized spacial score (nSPS) is 9.86. The van der Waals surface area contributed by atoms with Crippen LogP contribution in [0.4, 0.5) is 0 Å². The Morgan fingerprint density at radius 2 is 2.21 bits per heavy atom. The molecule has 0 saturated carbocycles. The van der Waals surface area contributed by atoms with Crippen LogP contribution in [-0.2, 0) is 0 Å². The number of hydrogen-bond donors (Lipinski definition) is 2. The highest BCUT2D eigenvalue weighted by Gasteiger charge is 2.14. The fourth-order valence-electron chi connectivity index (χ4n) is 0.988. The number of carboxylic acids is 1. The summed E-state index contributed by atoms with van der Waals surface area (Å²) >= 11 is 5.68. The molecular weight excluding hydrogens is 208 g/mol. The van der Waals surface area contributed by atoms with Crippen LogP contribution >= 0.6 is 11.6 Å². The number of halogens is 1. The van der Waals surface area contributed by atoms with Crippen LogP contribution in [-0.4, -0.2) is 29.4 Å². The van der Waals surface area contributed by atoms with Crippen LogP contribution in [0, 0.1) is 0 Å². The lowest BCUT2D eigenvalue weighted by Crippen LogP contribution is -2.07. The van der Waals surface area contributed by atoms with E-state index in [4.69, 9.17) is 26.6 Å². The minimum atomic E-state index is -1.15. The number of aromatic carboxylic acids is 1. The molecule has 0 aliphatic carbocycles. The number of carbonyl (C=O) groups is 1. The molecule has 0 atom stereocenters. The molecule has 0 spiro atoms. The van der Waals surface area contributed by atoms with E-state index in [2.05, 4.69) is 0 Å². The van der Waals surface area contributed by atoms with Gasteiger partial charge < -0.3 is 14.9 Å². The van der Waals surface area contributed by atoms with Gasteiger partial charge in [-0.05, 0) is 12.1 Å². The van der Waals surface area contributed by atoms with Gasteiger partial charge in [-0.2, -0.15) is 0 Å². The maximum atomic E-state index is 10.8. The third-order valence-corrected chi connectivity index (χ3v) is 1.85. The zero-order chi connectivity index (χ0) is 10.6. The van der Waals surface area contributed by atoms with Crippen molar-refractivity contribution in [1.29, 1.82) is 0 Å². The molecule has 14 heavy (non-hydrogen) atoms. The second kappa shape index (κ2) is 4.83. The summed E-state index contributed by atoms with van der Waals surface area (Å²) in [4.78, 5) is 10.8. The average Bonchev–Trinajstić information content (AvgIpc) is 2.14. The van der Waals surface area contributed by atoms with Crippen molar-refractivity contribution in [2.45, 2.75) is 0 Å². The van der Waals surface area contributed by atoms with Gasteiger partial charge in [-0.1, -0.05) is 17.7 Å². The lowest BCUT2D eigenvalue weighted by Gasteiger charge is -2.08. The van der Waals surface area contributed by atoms with Crippen molar-refractivity contribution in [3.05, 3.63) is 28.8 Å². The highest BCUT2D eigenvalue weighted by Crippen LogP contribution is 2.26. The topological polar surface area (TPSA) is 66.8 Å². The number of hydrogen-bond acceptors (Lipinski definition) is 3. The first kappa shape index (κ1) is 10.8. The zero-order valence-electron chi connectivity index (χ0n) is 7.24. The molecule has 0 heterocycles. The van der Waals surface area contributed by atoms with Crippen LogP contribution in [0.15, 0.2) is 18.2 Å². The number of rotatable bonds is 4. The number of aliphatic hydroxyl groups is 1. The van der Waals surface area contributed by atoms with E-state index in [9.17, 15) is 4.79 Å². The maximum absolute atomic E-state index is 10.8. The van der Waals surface area contributed by atoms with E-state index in [1.54, 1.807) is 6.07 Å². The third-order valence-electron chi connectivity index (χ3n) is 1.54. The quantitative estimate of drug-likeness (QED) is 0.799. The van der Waals surface area contributed by atoms with Gasteiger partial charge in [0.25, 0.3) is 0 Å². The Kier molecular flexibility index (Phi) is 3.73. The Morgan fingerprint density at radius 1 is 1.50 bits per heavy atom. The molecule has 2 N–H and O–H groups in total. The minimum absolute atomic E-state index is 0.0423. The predicted octanol–water partition coefficient (Wildman–Crippen LogP) is 1.41. The summed E-state index contributed by atoms with van der Waals surface area (Å²) in [5, 5.41) is 17.5. The maximum Gasteiger partial charge on any atom is 0.341 e. The molecule has 0 amide bonds. The van der Waals surface area contributed by atoms with Gasteiger partial charge in [0.15, 0.2) is 0 Å². The summed E-state index contributed by atoms with van der Waals surface area (Å²) in [6.45, 7) is -0.133. The van der Waals surface area contributed by atoms with Crippen molar-refractivity contribution >= 4 is 17.6 Å². The Labute approximate surface area is 85.7 Å². The van der Waals surface area contributed by atoms with Crippen LogP contribution in [0.25, 0.3) is 0 Å². The molecule has 0 fully saturated rings. The predicted molar refractivity (Wildman–Crippen MR) is 51.0 cm³/mol. The van der Waals surface area contributed by atoms with Crippen LogP contribution in [0.3, 0.4) is 0 Å². The molecule has 0 aliphatic rings. The standard InChI is InChI=1S/C9H9ClO4/c10-6-2-1-3-7(14-5-4-11)8(6)9(12)13/h1-3,11H,4-5H2,(H,12,13). The SMILES string of the molecule is O=C(O)c1c(Cl)cccc1OCCO. The van der Waals surface area contributed by atoms with Gasteiger partial charge in [0, 0.05) is 0 Å². The van der Waals surface area contributed by atoms with Crippen LogP contribution < -0.4 is 4.74 Å². The van der Waals surface area contributed by atoms with Crippen molar-refractivity contribution in [2.24, 2.45) is 0 Å². The Balaban J connectivity index is 3.02.